The zero-order chi connectivity index (χ0) is 11.7. The minimum absolute atomic E-state index is 0.254. The van der Waals surface area contributed by atoms with Crippen LogP contribution in [0, 0.1) is 0 Å². The first kappa shape index (κ1) is 11.2. The van der Waals surface area contributed by atoms with Gasteiger partial charge in [0, 0.05) is 13.1 Å². The summed E-state index contributed by atoms with van der Waals surface area (Å²) in [4.78, 5) is 2.62. The fraction of sp³-hybridized carbons (Fsp3) is 0.600. The maximum Gasteiger partial charge on any atom is 0.0569 e. The van der Waals surface area contributed by atoms with Crippen LogP contribution in [0.1, 0.15) is 37.3 Å². The van der Waals surface area contributed by atoms with Crippen LogP contribution in [0.25, 0.3) is 0 Å². The molecule has 0 saturated carbocycles. The van der Waals surface area contributed by atoms with Crippen molar-refractivity contribution < 1.29 is 0 Å². The predicted molar refractivity (Wildman–Crippen MR) is 70.9 cm³/mol. The molecule has 1 spiro atoms. The Kier molecular flexibility index (Phi) is 2.93. The number of hydrogen-bond acceptors (Lipinski definition) is 2. The molecule has 92 valence electrons. The summed E-state index contributed by atoms with van der Waals surface area (Å²) in [6.07, 6.45) is 3.88. The highest BCUT2D eigenvalue weighted by Crippen LogP contribution is 2.38. The molecule has 3 rings (SSSR count). The number of likely N-dealkylation sites (tertiary alicyclic amines) is 1. The summed E-state index contributed by atoms with van der Waals surface area (Å²) in [5.74, 6) is 0. The second-order valence-electron chi connectivity index (χ2n) is 5.47. The predicted octanol–water partition coefficient (Wildman–Crippen LogP) is 2.49. The Labute approximate surface area is 104 Å². The average Bonchev–Trinajstić information content (AvgIpc) is 2.70. The molecule has 1 atom stereocenters. The van der Waals surface area contributed by atoms with Crippen LogP contribution in [0.5, 0.6) is 0 Å². The molecule has 0 bridgehead atoms. The number of rotatable bonds is 2. The topological polar surface area (TPSA) is 15.3 Å². The van der Waals surface area contributed by atoms with Crippen molar-refractivity contribution in [3.05, 3.63) is 35.4 Å². The first-order chi connectivity index (χ1) is 8.34. The Balaban J connectivity index is 1.87. The zero-order valence-corrected chi connectivity index (χ0v) is 10.7. The summed E-state index contributed by atoms with van der Waals surface area (Å²) in [6.45, 7) is 7.04. The molecule has 2 heterocycles. The van der Waals surface area contributed by atoms with Crippen molar-refractivity contribution in [2.24, 2.45) is 0 Å². The van der Waals surface area contributed by atoms with E-state index in [0.717, 1.165) is 6.54 Å². The number of nitrogens with one attached hydrogen (secondary N) is 1. The number of hydrogen-bond donors (Lipinski definition) is 1. The Morgan fingerprint density at radius 2 is 2.24 bits per heavy atom. The standard InChI is InChI=1S/C15H22N2/c1-2-9-17-10-5-8-15(12-17)14-7-4-3-6-13(14)11-16-15/h3-4,6-7,16H,2,5,8-12H2,1H3. The molecule has 1 unspecified atom stereocenters. The van der Waals surface area contributed by atoms with Gasteiger partial charge in [-0.2, -0.15) is 0 Å². The van der Waals surface area contributed by atoms with Gasteiger partial charge in [-0.3, -0.25) is 0 Å². The van der Waals surface area contributed by atoms with Gasteiger partial charge >= 0.3 is 0 Å². The molecule has 1 aromatic rings. The van der Waals surface area contributed by atoms with Crippen molar-refractivity contribution in [2.45, 2.75) is 38.3 Å². The first-order valence-electron chi connectivity index (χ1n) is 6.90. The van der Waals surface area contributed by atoms with Gasteiger partial charge in [-0.15, -0.1) is 0 Å². The highest BCUT2D eigenvalue weighted by molar-refractivity contribution is 5.38. The van der Waals surface area contributed by atoms with Crippen molar-refractivity contribution in [2.75, 3.05) is 19.6 Å². The number of benzene rings is 1. The van der Waals surface area contributed by atoms with E-state index in [2.05, 4.69) is 41.4 Å². The van der Waals surface area contributed by atoms with Crippen LogP contribution in [-0.2, 0) is 12.1 Å². The van der Waals surface area contributed by atoms with Gasteiger partial charge < -0.3 is 10.2 Å². The third-order valence-corrected chi connectivity index (χ3v) is 4.26. The van der Waals surface area contributed by atoms with Crippen LogP contribution in [0.2, 0.25) is 0 Å². The molecule has 1 fully saturated rings. The smallest absolute Gasteiger partial charge is 0.0569 e. The van der Waals surface area contributed by atoms with Gasteiger partial charge in [0.15, 0.2) is 0 Å². The lowest BCUT2D eigenvalue weighted by atomic mass is 9.83. The minimum atomic E-state index is 0.254. The monoisotopic (exact) mass is 230 g/mol. The minimum Gasteiger partial charge on any atom is -0.302 e. The van der Waals surface area contributed by atoms with Crippen molar-refractivity contribution in [3.8, 4) is 0 Å². The molecular weight excluding hydrogens is 208 g/mol. The highest BCUT2D eigenvalue weighted by Gasteiger charge is 2.41. The Morgan fingerprint density at radius 1 is 1.35 bits per heavy atom. The molecule has 1 saturated heterocycles. The van der Waals surface area contributed by atoms with Crippen molar-refractivity contribution in [1.29, 1.82) is 0 Å². The van der Waals surface area contributed by atoms with Crippen LogP contribution in [0.4, 0.5) is 0 Å². The summed E-state index contributed by atoms with van der Waals surface area (Å²) in [5.41, 5.74) is 3.32. The largest absolute Gasteiger partial charge is 0.302 e. The van der Waals surface area contributed by atoms with Crippen LogP contribution in [0.15, 0.2) is 24.3 Å². The normalized spacial score (nSPS) is 28.5. The van der Waals surface area contributed by atoms with Crippen molar-refractivity contribution >= 4 is 0 Å². The molecule has 17 heavy (non-hydrogen) atoms. The fourth-order valence-corrected chi connectivity index (χ4v) is 3.52. The van der Waals surface area contributed by atoms with Gasteiger partial charge in [-0.05, 0) is 43.5 Å². The molecule has 0 radical (unpaired) electrons. The van der Waals surface area contributed by atoms with E-state index >= 15 is 0 Å². The van der Waals surface area contributed by atoms with E-state index in [-0.39, 0.29) is 5.54 Å². The molecule has 1 aromatic carbocycles. The zero-order valence-electron chi connectivity index (χ0n) is 10.7. The molecular formula is C15H22N2. The number of fused-ring (bicyclic) bond motifs is 2. The third kappa shape index (κ3) is 1.90. The molecule has 2 nitrogen and oxygen atoms in total. The van der Waals surface area contributed by atoms with E-state index in [1.165, 1.54) is 44.5 Å². The van der Waals surface area contributed by atoms with Gasteiger partial charge in [0.25, 0.3) is 0 Å². The SMILES string of the molecule is CCCN1CCCC2(C1)NCc1ccccc12. The van der Waals surface area contributed by atoms with Crippen LogP contribution < -0.4 is 5.32 Å². The van der Waals surface area contributed by atoms with Crippen molar-refractivity contribution in [3.63, 3.8) is 0 Å². The lowest BCUT2D eigenvalue weighted by Gasteiger charge is -2.41. The Morgan fingerprint density at radius 3 is 3.12 bits per heavy atom. The van der Waals surface area contributed by atoms with E-state index in [1.807, 2.05) is 0 Å². The third-order valence-electron chi connectivity index (χ3n) is 4.26. The van der Waals surface area contributed by atoms with E-state index in [1.54, 1.807) is 5.56 Å². The van der Waals surface area contributed by atoms with Gasteiger partial charge in [0.05, 0.1) is 5.54 Å². The second kappa shape index (κ2) is 4.43. The summed E-state index contributed by atoms with van der Waals surface area (Å²) in [5, 5.41) is 3.78. The van der Waals surface area contributed by atoms with E-state index in [0.29, 0.717) is 0 Å². The quantitative estimate of drug-likeness (QED) is 0.839. The lowest BCUT2D eigenvalue weighted by Crippen LogP contribution is -2.51. The number of piperidine rings is 1. The maximum absolute atomic E-state index is 3.78. The molecule has 0 amide bonds. The maximum atomic E-state index is 3.78. The van der Waals surface area contributed by atoms with Crippen LogP contribution in [-0.4, -0.2) is 24.5 Å². The summed E-state index contributed by atoms with van der Waals surface area (Å²) < 4.78 is 0. The first-order valence-corrected chi connectivity index (χ1v) is 6.90. The van der Waals surface area contributed by atoms with Gasteiger partial charge in [-0.25, -0.2) is 0 Å². The van der Waals surface area contributed by atoms with Gasteiger partial charge in [-0.1, -0.05) is 31.2 Å². The molecule has 2 aliphatic heterocycles. The second-order valence-corrected chi connectivity index (χ2v) is 5.47. The molecule has 0 aliphatic carbocycles. The summed E-state index contributed by atoms with van der Waals surface area (Å²) >= 11 is 0. The average molecular weight is 230 g/mol. The van der Waals surface area contributed by atoms with E-state index in [4.69, 9.17) is 0 Å². The van der Waals surface area contributed by atoms with Crippen molar-refractivity contribution in [1.82, 2.24) is 10.2 Å². The summed E-state index contributed by atoms with van der Waals surface area (Å²) in [6, 6.07) is 8.94. The van der Waals surface area contributed by atoms with Crippen LogP contribution in [0.3, 0.4) is 0 Å². The summed E-state index contributed by atoms with van der Waals surface area (Å²) in [7, 11) is 0. The number of nitrogens with zero attached hydrogens (tertiary/aromatic N) is 1. The molecule has 1 N–H and O–H groups in total. The Bertz CT molecular complexity index is 396. The molecule has 2 aliphatic rings. The lowest BCUT2D eigenvalue weighted by molar-refractivity contribution is 0.128. The molecule has 2 heteroatoms. The molecule has 0 aromatic heterocycles. The van der Waals surface area contributed by atoms with Gasteiger partial charge in [0.2, 0.25) is 0 Å². The van der Waals surface area contributed by atoms with E-state index < -0.39 is 0 Å². The Hall–Kier alpha value is -0.860. The highest BCUT2D eigenvalue weighted by atomic mass is 15.2. The van der Waals surface area contributed by atoms with Gasteiger partial charge in [0.1, 0.15) is 0 Å². The van der Waals surface area contributed by atoms with E-state index in [9.17, 15) is 0 Å². The fourth-order valence-electron chi connectivity index (χ4n) is 3.52. The van der Waals surface area contributed by atoms with Crippen LogP contribution >= 0.6 is 0 Å².